The van der Waals surface area contributed by atoms with Gasteiger partial charge in [0.25, 0.3) is 0 Å². The van der Waals surface area contributed by atoms with Crippen molar-refractivity contribution in [3.05, 3.63) is 0 Å². The molecule has 0 aliphatic carbocycles. The molecule has 0 aromatic carbocycles. The van der Waals surface area contributed by atoms with Crippen LogP contribution in [0.1, 0.15) is 32.6 Å². The first-order chi connectivity index (χ1) is 9.54. The molecular weight excluding hydrogens is 260 g/mol. The maximum absolute atomic E-state index is 12.9. The van der Waals surface area contributed by atoms with Gasteiger partial charge in [0.1, 0.15) is 6.04 Å². The molecule has 0 spiro atoms. The Morgan fingerprint density at radius 2 is 2.25 bits per heavy atom. The number of nitrogens with one attached hydrogen (secondary N) is 1. The lowest BCUT2D eigenvalue weighted by Crippen LogP contribution is -2.54. The number of piperidine rings is 1. The summed E-state index contributed by atoms with van der Waals surface area (Å²) in [6, 6.07) is -0.752. The zero-order chi connectivity index (χ0) is 14.8. The molecule has 3 atom stereocenters. The molecule has 2 rings (SSSR count). The molecule has 2 aliphatic rings. The van der Waals surface area contributed by atoms with E-state index in [1.54, 1.807) is 7.11 Å². The number of hydrogen-bond donors (Lipinski definition) is 2. The summed E-state index contributed by atoms with van der Waals surface area (Å²) in [5, 5.41) is 12.6. The van der Waals surface area contributed by atoms with Crippen LogP contribution in [-0.2, 0) is 14.3 Å². The van der Waals surface area contributed by atoms with E-state index in [1.807, 2.05) is 6.92 Å². The fourth-order valence-electron chi connectivity index (χ4n) is 3.33. The first-order valence-corrected chi connectivity index (χ1v) is 7.31. The number of rotatable bonds is 4. The Balaban J connectivity index is 2.19. The van der Waals surface area contributed by atoms with E-state index < -0.39 is 17.4 Å². The van der Waals surface area contributed by atoms with Crippen molar-refractivity contribution in [2.75, 3.05) is 26.7 Å². The van der Waals surface area contributed by atoms with E-state index in [0.717, 1.165) is 25.8 Å². The van der Waals surface area contributed by atoms with E-state index in [2.05, 4.69) is 5.32 Å². The van der Waals surface area contributed by atoms with Gasteiger partial charge in [-0.25, -0.2) is 4.79 Å². The van der Waals surface area contributed by atoms with Crippen LogP contribution >= 0.6 is 0 Å². The van der Waals surface area contributed by atoms with Gasteiger partial charge in [-0.1, -0.05) is 6.92 Å². The summed E-state index contributed by atoms with van der Waals surface area (Å²) in [7, 11) is 1.56. The van der Waals surface area contributed by atoms with Crippen LogP contribution in [0, 0.1) is 5.41 Å². The second-order valence-corrected chi connectivity index (χ2v) is 5.82. The minimum absolute atomic E-state index is 0.0286. The van der Waals surface area contributed by atoms with Crippen LogP contribution in [0.2, 0.25) is 0 Å². The predicted octanol–water partition coefficient (Wildman–Crippen LogP) is 0.467. The van der Waals surface area contributed by atoms with Gasteiger partial charge in [-0.2, -0.15) is 0 Å². The number of amides is 1. The molecule has 1 amide bonds. The molecule has 6 heteroatoms. The van der Waals surface area contributed by atoms with Crippen molar-refractivity contribution < 1.29 is 19.4 Å². The van der Waals surface area contributed by atoms with Crippen LogP contribution < -0.4 is 5.32 Å². The second kappa shape index (κ2) is 6.10. The van der Waals surface area contributed by atoms with E-state index in [4.69, 9.17) is 4.74 Å². The average Bonchev–Trinajstić information content (AvgIpc) is 2.91. The van der Waals surface area contributed by atoms with Gasteiger partial charge in [-0.05, 0) is 25.8 Å². The van der Waals surface area contributed by atoms with Gasteiger partial charge in [-0.15, -0.1) is 0 Å². The van der Waals surface area contributed by atoms with Gasteiger partial charge in [0.05, 0.1) is 11.5 Å². The van der Waals surface area contributed by atoms with E-state index in [0.29, 0.717) is 19.5 Å². The topological polar surface area (TPSA) is 78.9 Å². The normalized spacial score (nSPS) is 34.2. The lowest BCUT2D eigenvalue weighted by molar-refractivity contribution is -0.154. The number of carbonyl (C=O) groups excluding carboxylic acids is 1. The third kappa shape index (κ3) is 2.67. The largest absolute Gasteiger partial charge is 0.480 e. The van der Waals surface area contributed by atoms with Crippen molar-refractivity contribution in [3.63, 3.8) is 0 Å². The van der Waals surface area contributed by atoms with Crippen LogP contribution in [0.3, 0.4) is 0 Å². The highest BCUT2D eigenvalue weighted by molar-refractivity contribution is 5.88. The van der Waals surface area contributed by atoms with E-state index >= 15 is 0 Å². The molecule has 2 N–H and O–H groups in total. The quantitative estimate of drug-likeness (QED) is 0.784. The number of aliphatic carboxylic acids is 1. The van der Waals surface area contributed by atoms with Gasteiger partial charge in [0, 0.05) is 26.6 Å². The molecular formula is C14H24N2O4. The van der Waals surface area contributed by atoms with Crippen molar-refractivity contribution in [1.82, 2.24) is 10.2 Å². The van der Waals surface area contributed by atoms with Crippen LogP contribution in [0.25, 0.3) is 0 Å². The fraction of sp³-hybridized carbons (Fsp3) is 0.857. The second-order valence-electron chi connectivity index (χ2n) is 5.82. The van der Waals surface area contributed by atoms with Gasteiger partial charge in [-0.3, -0.25) is 4.79 Å². The number of hydrogen-bond acceptors (Lipinski definition) is 4. The average molecular weight is 284 g/mol. The maximum atomic E-state index is 12.9. The summed E-state index contributed by atoms with van der Waals surface area (Å²) in [6.45, 7) is 3.96. The highest BCUT2D eigenvalue weighted by Crippen LogP contribution is 2.35. The number of nitrogens with zero attached hydrogens (tertiary/aromatic N) is 1. The number of ether oxygens (including phenoxy) is 1. The monoisotopic (exact) mass is 284 g/mol. The molecule has 6 nitrogen and oxygen atoms in total. The van der Waals surface area contributed by atoms with Crippen molar-refractivity contribution >= 4 is 11.9 Å². The number of carboxylic acids is 1. The summed E-state index contributed by atoms with van der Waals surface area (Å²) in [5.74, 6) is -0.966. The van der Waals surface area contributed by atoms with Crippen LogP contribution in [-0.4, -0.2) is 60.8 Å². The number of carbonyl (C=O) groups is 2. The zero-order valence-electron chi connectivity index (χ0n) is 12.2. The lowest BCUT2D eigenvalue weighted by atomic mass is 9.77. The standard InChI is InChI=1S/C14H24N2O4/c1-3-14(5-4-6-15-9-14)13(19)16-8-10(20-2)7-11(16)12(17)18/h10-11,15H,3-9H2,1-2H3,(H,17,18). The van der Waals surface area contributed by atoms with Gasteiger partial charge >= 0.3 is 5.97 Å². The molecule has 0 aromatic rings. The van der Waals surface area contributed by atoms with Crippen molar-refractivity contribution in [1.29, 1.82) is 0 Å². The molecule has 0 aromatic heterocycles. The summed E-state index contributed by atoms with van der Waals surface area (Å²) in [4.78, 5) is 25.8. The number of carboxylic acid groups (broad SMARTS) is 1. The van der Waals surface area contributed by atoms with Crippen LogP contribution in [0.15, 0.2) is 0 Å². The molecule has 2 fully saturated rings. The van der Waals surface area contributed by atoms with Crippen molar-refractivity contribution in [2.24, 2.45) is 5.41 Å². The summed E-state index contributed by atoms with van der Waals surface area (Å²) < 4.78 is 5.25. The van der Waals surface area contributed by atoms with E-state index in [9.17, 15) is 14.7 Å². The molecule has 2 saturated heterocycles. The minimum Gasteiger partial charge on any atom is -0.480 e. The Bertz CT molecular complexity index is 379. The lowest BCUT2D eigenvalue weighted by Gasteiger charge is -2.39. The summed E-state index contributed by atoms with van der Waals surface area (Å²) in [6.07, 6.45) is 2.73. The summed E-state index contributed by atoms with van der Waals surface area (Å²) in [5.41, 5.74) is -0.450. The van der Waals surface area contributed by atoms with Gasteiger partial charge in [0.2, 0.25) is 5.91 Å². The molecule has 2 heterocycles. The van der Waals surface area contributed by atoms with Gasteiger partial charge in [0.15, 0.2) is 0 Å². The first-order valence-electron chi connectivity index (χ1n) is 7.31. The molecule has 20 heavy (non-hydrogen) atoms. The SMILES string of the molecule is CCC1(C(=O)N2CC(OC)CC2C(=O)O)CCCNC1. The Morgan fingerprint density at radius 1 is 1.50 bits per heavy atom. The molecule has 2 aliphatic heterocycles. The molecule has 0 radical (unpaired) electrons. The highest BCUT2D eigenvalue weighted by Gasteiger charge is 2.47. The number of methoxy groups -OCH3 is 1. The van der Waals surface area contributed by atoms with Crippen LogP contribution in [0.4, 0.5) is 0 Å². The zero-order valence-corrected chi connectivity index (χ0v) is 12.2. The summed E-state index contributed by atoms with van der Waals surface area (Å²) >= 11 is 0. The Hall–Kier alpha value is -1.14. The van der Waals surface area contributed by atoms with Crippen molar-refractivity contribution in [2.45, 2.75) is 44.8 Å². The van der Waals surface area contributed by atoms with E-state index in [-0.39, 0.29) is 12.0 Å². The Labute approximate surface area is 119 Å². The first kappa shape index (κ1) is 15.3. The fourth-order valence-corrected chi connectivity index (χ4v) is 3.33. The Morgan fingerprint density at radius 3 is 2.75 bits per heavy atom. The molecule has 0 saturated carbocycles. The molecule has 114 valence electrons. The van der Waals surface area contributed by atoms with Crippen molar-refractivity contribution in [3.8, 4) is 0 Å². The highest BCUT2D eigenvalue weighted by atomic mass is 16.5. The van der Waals surface area contributed by atoms with Gasteiger partial charge < -0.3 is 20.1 Å². The molecule has 3 unspecified atom stereocenters. The Kier molecular flexibility index (Phi) is 4.65. The van der Waals surface area contributed by atoms with Crippen LogP contribution in [0.5, 0.6) is 0 Å². The minimum atomic E-state index is -0.937. The third-order valence-corrected chi connectivity index (χ3v) is 4.74. The third-order valence-electron chi connectivity index (χ3n) is 4.74. The predicted molar refractivity (Wildman–Crippen MR) is 73.4 cm³/mol. The smallest absolute Gasteiger partial charge is 0.326 e. The molecule has 0 bridgehead atoms. The van der Waals surface area contributed by atoms with E-state index in [1.165, 1.54) is 4.90 Å². The number of likely N-dealkylation sites (tertiary alicyclic amines) is 1. The maximum Gasteiger partial charge on any atom is 0.326 e.